The Balaban J connectivity index is 2.51. The zero-order valence-electron chi connectivity index (χ0n) is 7.16. The van der Waals surface area contributed by atoms with Gasteiger partial charge in [-0.1, -0.05) is 5.92 Å². The molecule has 0 N–H and O–H groups in total. The molecular weight excluding hydrogens is 152 g/mol. The van der Waals surface area contributed by atoms with Crippen LogP contribution in [0.3, 0.4) is 0 Å². The second-order valence-electron chi connectivity index (χ2n) is 2.21. The molecule has 0 aliphatic heterocycles. The van der Waals surface area contributed by atoms with Crippen molar-refractivity contribution in [2.75, 3.05) is 6.61 Å². The molecule has 1 aromatic heterocycles. The summed E-state index contributed by atoms with van der Waals surface area (Å²) in [5, 5.41) is 0. The van der Waals surface area contributed by atoms with Crippen LogP contribution in [0.15, 0.2) is 12.4 Å². The van der Waals surface area contributed by atoms with Gasteiger partial charge in [0.1, 0.15) is 0 Å². The number of nitrogens with zero attached hydrogens (tertiary/aromatic N) is 2. The molecule has 3 nitrogen and oxygen atoms in total. The zero-order chi connectivity index (χ0) is 8.81. The lowest BCUT2D eigenvalue weighted by Gasteiger charge is -1.98. The van der Waals surface area contributed by atoms with Crippen LogP contribution in [-0.4, -0.2) is 16.6 Å². The summed E-state index contributed by atoms with van der Waals surface area (Å²) in [5.41, 5.74) is 0.879. The third-order valence-electron chi connectivity index (χ3n) is 1.23. The fraction of sp³-hybridized carbons (Fsp3) is 0.333. The normalized spacial score (nSPS) is 8.50. The van der Waals surface area contributed by atoms with E-state index in [1.54, 1.807) is 19.3 Å². The molecule has 0 radical (unpaired) electrons. The quantitative estimate of drug-likeness (QED) is 0.612. The SMILES string of the molecule is CC#CCOc1cnc(C)cn1. The van der Waals surface area contributed by atoms with Crippen LogP contribution in [0.2, 0.25) is 0 Å². The average Bonchev–Trinajstić information content (AvgIpc) is 2.09. The molecule has 0 amide bonds. The monoisotopic (exact) mass is 162 g/mol. The number of aromatic nitrogens is 2. The Hall–Kier alpha value is -1.56. The zero-order valence-corrected chi connectivity index (χ0v) is 7.16. The maximum absolute atomic E-state index is 5.15. The van der Waals surface area contributed by atoms with Crippen LogP contribution in [0.5, 0.6) is 5.88 Å². The molecule has 62 valence electrons. The lowest BCUT2D eigenvalue weighted by Crippen LogP contribution is -1.97. The van der Waals surface area contributed by atoms with E-state index in [0.717, 1.165) is 5.69 Å². The smallest absolute Gasteiger partial charge is 0.233 e. The summed E-state index contributed by atoms with van der Waals surface area (Å²) in [6, 6.07) is 0. The molecular formula is C9H10N2O. The average molecular weight is 162 g/mol. The Kier molecular flexibility index (Phi) is 3.09. The third-order valence-corrected chi connectivity index (χ3v) is 1.23. The molecule has 0 fully saturated rings. The van der Waals surface area contributed by atoms with Crippen molar-refractivity contribution in [1.82, 2.24) is 9.97 Å². The third kappa shape index (κ3) is 2.59. The molecule has 1 heterocycles. The van der Waals surface area contributed by atoms with Crippen molar-refractivity contribution in [3.05, 3.63) is 18.1 Å². The molecule has 1 aromatic rings. The summed E-state index contributed by atoms with van der Waals surface area (Å²) < 4.78 is 5.15. The van der Waals surface area contributed by atoms with Crippen LogP contribution in [0.1, 0.15) is 12.6 Å². The van der Waals surface area contributed by atoms with Crippen molar-refractivity contribution in [2.24, 2.45) is 0 Å². The number of rotatable bonds is 2. The predicted octanol–water partition coefficient (Wildman–Crippen LogP) is 1.19. The van der Waals surface area contributed by atoms with Crippen molar-refractivity contribution in [3.63, 3.8) is 0 Å². The standard InChI is InChI=1S/C9H10N2O/c1-3-4-5-12-9-7-10-8(2)6-11-9/h6-7H,5H2,1-2H3. The van der Waals surface area contributed by atoms with Crippen molar-refractivity contribution in [3.8, 4) is 17.7 Å². The fourth-order valence-corrected chi connectivity index (χ4v) is 0.637. The lowest BCUT2D eigenvalue weighted by molar-refractivity contribution is 0.353. The summed E-state index contributed by atoms with van der Waals surface area (Å²) in [5.74, 6) is 6.01. The first-order chi connectivity index (χ1) is 5.83. The topological polar surface area (TPSA) is 35.0 Å². The van der Waals surface area contributed by atoms with Gasteiger partial charge >= 0.3 is 0 Å². The molecule has 0 aliphatic carbocycles. The minimum Gasteiger partial charge on any atom is -0.463 e. The molecule has 0 unspecified atom stereocenters. The minimum absolute atomic E-state index is 0.369. The second kappa shape index (κ2) is 4.35. The summed E-state index contributed by atoms with van der Waals surface area (Å²) in [6.07, 6.45) is 3.25. The van der Waals surface area contributed by atoms with Gasteiger partial charge < -0.3 is 4.74 Å². The van der Waals surface area contributed by atoms with E-state index in [0.29, 0.717) is 12.5 Å². The Morgan fingerprint density at radius 1 is 1.42 bits per heavy atom. The van der Waals surface area contributed by atoms with Gasteiger partial charge in [0.2, 0.25) is 5.88 Å². The highest BCUT2D eigenvalue weighted by Crippen LogP contribution is 2.01. The van der Waals surface area contributed by atoms with E-state index in [2.05, 4.69) is 21.8 Å². The first kappa shape index (κ1) is 8.54. The van der Waals surface area contributed by atoms with Crippen LogP contribution in [0.25, 0.3) is 0 Å². The first-order valence-corrected chi connectivity index (χ1v) is 3.64. The van der Waals surface area contributed by atoms with E-state index in [4.69, 9.17) is 4.74 Å². The fourth-order valence-electron chi connectivity index (χ4n) is 0.637. The van der Waals surface area contributed by atoms with E-state index in [1.807, 2.05) is 6.92 Å². The summed E-state index contributed by atoms with van der Waals surface area (Å²) in [7, 11) is 0. The van der Waals surface area contributed by atoms with Crippen molar-refractivity contribution in [1.29, 1.82) is 0 Å². The van der Waals surface area contributed by atoms with Gasteiger partial charge in [-0.15, -0.1) is 5.92 Å². The van der Waals surface area contributed by atoms with Gasteiger partial charge in [0.15, 0.2) is 6.61 Å². The Morgan fingerprint density at radius 3 is 2.83 bits per heavy atom. The van der Waals surface area contributed by atoms with Crippen LogP contribution in [0, 0.1) is 18.8 Å². The van der Waals surface area contributed by atoms with Crippen molar-refractivity contribution < 1.29 is 4.74 Å². The molecule has 3 heteroatoms. The van der Waals surface area contributed by atoms with Crippen molar-refractivity contribution >= 4 is 0 Å². The number of aryl methyl sites for hydroxylation is 1. The van der Waals surface area contributed by atoms with E-state index in [9.17, 15) is 0 Å². The van der Waals surface area contributed by atoms with Gasteiger partial charge in [-0.05, 0) is 13.8 Å². The predicted molar refractivity (Wildman–Crippen MR) is 45.7 cm³/mol. The van der Waals surface area contributed by atoms with E-state index < -0.39 is 0 Å². The number of ether oxygens (including phenoxy) is 1. The molecule has 0 spiro atoms. The van der Waals surface area contributed by atoms with Gasteiger partial charge in [0, 0.05) is 0 Å². The lowest BCUT2D eigenvalue weighted by atomic mass is 10.5. The van der Waals surface area contributed by atoms with E-state index in [-0.39, 0.29) is 0 Å². The van der Waals surface area contributed by atoms with Gasteiger partial charge in [0.25, 0.3) is 0 Å². The van der Waals surface area contributed by atoms with E-state index in [1.165, 1.54) is 0 Å². The van der Waals surface area contributed by atoms with Crippen LogP contribution in [-0.2, 0) is 0 Å². The molecule has 1 rings (SSSR count). The Morgan fingerprint density at radius 2 is 2.25 bits per heavy atom. The first-order valence-electron chi connectivity index (χ1n) is 3.64. The van der Waals surface area contributed by atoms with Gasteiger partial charge in [0.05, 0.1) is 18.1 Å². The second-order valence-corrected chi connectivity index (χ2v) is 2.21. The Bertz CT molecular complexity index is 295. The highest BCUT2D eigenvalue weighted by atomic mass is 16.5. The maximum atomic E-state index is 5.15. The summed E-state index contributed by atoms with van der Waals surface area (Å²) >= 11 is 0. The van der Waals surface area contributed by atoms with Gasteiger partial charge in [-0.2, -0.15) is 0 Å². The largest absolute Gasteiger partial charge is 0.463 e. The summed E-state index contributed by atoms with van der Waals surface area (Å²) in [4.78, 5) is 8.02. The van der Waals surface area contributed by atoms with Gasteiger partial charge in [-0.25, -0.2) is 4.98 Å². The van der Waals surface area contributed by atoms with Crippen LogP contribution < -0.4 is 4.74 Å². The molecule has 0 aliphatic rings. The summed E-state index contributed by atoms with van der Waals surface area (Å²) in [6.45, 7) is 4.01. The molecule has 12 heavy (non-hydrogen) atoms. The molecule has 0 atom stereocenters. The van der Waals surface area contributed by atoms with Crippen LogP contribution >= 0.6 is 0 Å². The highest BCUT2D eigenvalue weighted by Gasteiger charge is 1.92. The molecule has 0 saturated carbocycles. The van der Waals surface area contributed by atoms with Crippen molar-refractivity contribution in [2.45, 2.75) is 13.8 Å². The number of hydrogen-bond acceptors (Lipinski definition) is 3. The van der Waals surface area contributed by atoms with Gasteiger partial charge in [-0.3, -0.25) is 4.98 Å². The number of hydrogen-bond donors (Lipinski definition) is 0. The molecule has 0 aromatic carbocycles. The minimum atomic E-state index is 0.369. The highest BCUT2D eigenvalue weighted by molar-refractivity contribution is 5.07. The molecule has 0 bridgehead atoms. The molecule has 0 saturated heterocycles. The Labute approximate surface area is 71.8 Å². The maximum Gasteiger partial charge on any atom is 0.233 e. The van der Waals surface area contributed by atoms with Crippen LogP contribution in [0.4, 0.5) is 0 Å². The van der Waals surface area contributed by atoms with E-state index >= 15 is 0 Å².